The lowest BCUT2D eigenvalue weighted by Gasteiger charge is -1.57. The fourth-order valence-electron chi connectivity index (χ4n) is 0.125. The van der Waals surface area contributed by atoms with Crippen LogP contribution >= 0.6 is 25.8 Å². The van der Waals surface area contributed by atoms with Crippen molar-refractivity contribution in [2.75, 3.05) is 0 Å². The molecule has 0 heterocycles. The lowest BCUT2D eigenvalue weighted by Crippen LogP contribution is -1.45. The molecule has 0 N–H and O–H groups in total. The molecule has 0 saturated carbocycles. The van der Waals surface area contributed by atoms with Gasteiger partial charge in [-0.3, -0.25) is 25.8 Å². The Balaban J connectivity index is 0. The third-order valence-electron chi connectivity index (χ3n) is 0.302. The molecule has 0 spiro atoms. The molecule has 43 valence electrons. The van der Waals surface area contributed by atoms with Gasteiger partial charge in [0, 0.05) is 6.42 Å². The van der Waals surface area contributed by atoms with E-state index >= 15 is 0 Å². The smallest absolute Gasteiger partial charge is 0.280 e. The summed E-state index contributed by atoms with van der Waals surface area (Å²) in [5.74, 6) is 5.45. The fraction of sp³-hybridized carbons (Fsp3) is 0.400. The maximum absolute atomic E-state index is 3.50. The standard InChI is InChI=1S/C5H7.2BrH.Mg/c1-3-5-4-2;;;/h1,3H2,2H3;2*1H;/q;;;+2/p-2. The van der Waals surface area contributed by atoms with Crippen LogP contribution in [0.25, 0.3) is 0 Å². The Bertz CT molecular complexity index is 72.2. The number of halogens is 2. The Labute approximate surface area is 73.3 Å². The number of hydrogen-bond donors (Lipinski definition) is 0. The van der Waals surface area contributed by atoms with Crippen LogP contribution in [-0.2, 0) is 0 Å². The van der Waals surface area contributed by atoms with Gasteiger partial charge in [0.15, 0.2) is 0 Å². The molecule has 0 fully saturated rings. The first-order valence-electron chi connectivity index (χ1n) is 2.14. The van der Waals surface area contributed by atoms with Crippen LogP contribution < -0.4 is 0 Å². The Morgan fingerprint density at radius 2 is 2.00 bits per heavy atom. The monoisotopic (exact) mass is 249 g/mol. The summed E-state index contributed by atoms with van der Waals surface area (Å²) in [5.41, 5.74) is 0. The molecular weight excluding hydrogens is 244 g/mol. The second-order valence-electron chi connectivity index (χ2n) is 0.778. The van der Waals surface area contributed by atoms with E-state index in [1.165, 1.54) is 0 Å². The fourth-order valence-corrected chi connectivity index (χ4v) is 0.125. The van der Waals surface area contributed by atoms with Crippen molar-refractivity contribution in [3.8, 4) is 11.8 Å². The van der Waals surface area contributed by atoms with E-state index < -0.39 is 0 Å². The van der Waals surface area contributed by atoms with Crippen LogP contribution in [0.15, 0.2) is 0 Å². The topological polar surface area (TPSA) is 0 Å². The van der Waals surface area contributed by atoms with Crippen LogP contribution in [0.4, 0.5) is 0 Å². The minimum Gasteiger partial charge on any atom is -0.280 e. The molecule has 3 heteroatoms. The summed E-state index contributed by atoms with van der Waals surface area (Å²) in [4.78, 5) is 0. The SMILES string of the molecule is [Br][Mg][Br].[CH2]CC#CC. The van der Waals surface area contributed by atoms with Crippen LogP contribution in [0.2, 0.25) is 0 Å². The van der Waals surface area contributed by atoms with Crippen molar-refractivity contribution in [2.24, 2.45) is 0 Å². The van der Waals surface area contributed by atoms with Gasteiger partial charge in [-0.15, -0.1) is 11.8 Å². The zero-order valence-corrected chi connectivity index (χ0v) is 9.46. The molecule has 0 aromatic rings. The first-order chi connectivity index (χ1) is 3.83. The number of rotatable bonds is 0. The molecule has 0 aromatic heterocycles. The second kappa shape index (κ2) is 15.7. The molecule has 0 atom stereocenters. The van der Waals surface area contributed by atoms with Crippen molar-refractivity contribution < 1.29 is 0 Å². The van der Waals surface area contributed by atoms with Gasteiger partial charge in [-0.2, -0.15) is 0 Å². The maximum atomic E-state index is 3.50. The third kappa shape index (κ3) is 26.7. The van der Waals surface area contributed by atoms with E-state index in [4.69, 9.17) is 0 Å². The third-order valence-corrected chi connectivity index (χ3v) is 0.302. The molecule has 0 aliphatic rings. The first-order valence-corrected chi connectivity index (χ1v) is 9.94. The van der Waals surface area contributed by atoms with Gasteiger partial charge in [0.2, 0.25) is 0 Å². The summed E-state index contributed by atoms with van der Waals surface area (Å²) in [7, 11) is 0. The summed E-state index contributed by atoms with van der Waals surface area (Å²) in [5, 5.41) is 0. The van der Waals surface area contributed by atoms with Gasteiger partial charge in [0.1, 0.15) is 0 Å². The molecule has 1 radical (unpaired) electrons. The molecular formula is C5H7Br2Mg. The molecule has 0 rings (SSSR count). The van der Waals surface area contributed by atoms with Crippen LogP contribution in [-0.4, -0.2) is 16.0 Å². The Hall–Kier alpha value is 1.29. The van der Waals surface area contributed by atoms with Crippen LogP contribution in [0.5, 0.6) is 0 Å². The van der Waals surface area contributed by atoms with Crippen molar-refractivity contribution in [3.63, 3.8) is 0 Å². The van der Waals surface area contributed by atoms with Crippen LogP contribution in [0.1, 0.15) is 13.3 Å². The highest BCUT2D eigenvalue weighted by Gasteiger charge is 1.62. The van der Waals surface area contributed by atoms with E-state index in [9.17, 15) is 0 Å². The maximum Gasteiger partial charge on any atom is 0.560 e. The van der Waals surface area contributed by atoms with Gasteiger partial charge in [-0.25, -0.2) is 0 Å². The second-order valence-corrected chi connectivity index (χ2v) is 8.86. The van der Waals surface area contributed by atoms with Gasteiger partial charge >= 0.3 is 16.0 Å². The lowest BCUT2D eigenvalue weighted by molar-refractivity contribution is 1.48. The predicted octanol–water partition coefficient (Wildman–Crippen LogP) is 2.54. The van der Waals surface area contributed by atoms with Gasteiger partial charge in [0.05, 0.1) is 0 Å². The largest absolute Gasteiger partial charge is 0.560 e. The lowest BCUT2D eigenvalue weighted by atomic mass is 10.5. The average molecular weight is 251 g/mol. The zero-order valence-electron chi connectivity index (χ0n) is 4.88. The average Bonchev–Trinajstić information content (AvgIpc) is 1.71. The Morgan fingerprint density at radius 3 is 2.00 bits per heavy atom. The molecule has 0 unspecified atom stereocenters. The van der Waals surface area contributed by atoms with E-state index in [0.29, 0.717) is 0 Å². The Kier molecular flexibility index (Phi) is 23.6. The minimum atomic E-state index is 0.0417. The molecule has 0 aromatic carbocycles. The first kappa shape index (κ1) is 12.0. The van der Waals surface area contributed by atoms with Crippen LogP contribution in [0.3, 0.4) is 0 Å². The summed E-state index contributed by atoms with van der Waals surface area (Å²) in [6.45, 7) is 5.31. The van der Waals surface area contributed by atoms with E-state index in [1.807, 2.05) is 6.92 Å². The quantitative estimate of drug-likeness (QED) is 0.458. The molecule has 0 nitrogen and oxygen atoms in total. The van der Waals surface area contributed by atoms with Crippen molar-refractivity contribution in [2.45, 2.75) is 13.3 Å². The summed E-state index contributed by atoms with van der Waals surface area (Å²) in [6.07, 6.45) is 0.733. The molecule has 0 aliphatic heterocycles. The summed E-state index contributed by atoms with van der Waals surface area (Å²) >= 11 is 6.44. The zero-order chi connectivity index (χ0) is 6.83. The normalized spacial score (nSPS) is 4.50. The van der Waals surface area contributed by atoms with Gasteiger partial charge in [0.25, 0.3) is 0 Å². The Morgan fingerprint density at radius 1 is 1.62 bits per heavy atom. The van der Waals surface area contributed by atoms with Gasteiger partial charge < -0.3 is 0 Å². The predicted molar refractivity (Wildman–Crippen MR) is 47.0 cm³/mol. The molecule has 0 saturated heterocycles. The molecule has 8 heavy (non-hydrogen) atoms. The van der Waals surface area contributed by atoms with Crippen molar-refractivity contribution in [3.05, 3.63) is 6.92 Å². The van der Waals surface area contributed by atoms with Crippen LogP contribution in [0, 0.1) is 18.8 Å². The highest BCUT2D eigenvalue weighted by molar-refractivity contribution is 9.47. The van der Waals surface area contributed by atoms with E-state index in [-0.39, 0.29) is 16.0 Å². The van der Waals surface area contributed by atoms with E-state index in [2.05, 4.69) is 44.5 Å². The van der Waals surface area contributed by atoms with E-state index in [1.54, 1.807) is 0 Å². The highest BCUT2D eigenvalue weighted by atomic mass is 79.9. The minimum absolute atomic E-state index is 0.0417. The molecule has 0 bridgehead atoms. The summed E-state index contributed by atoms with van der Waals surface area (Å²) in [6, 6.07) is 0. The highest BCUT2D eigenvalue weighted by Crippen LogP contribution is 1.77. The van der Waals surface area contributed by atoms with E-state index in [0.717, 1.165) is 6.42 Å². The van der Waals surface area contributed by atoms with Crippen molar-refractivity contribution in [1.82, 2.24) is 0 Å². The molecule has 0 amide bonds. The number of hydrogen-bond acceptors (Lipinski definition) is 0. The van der Waals surface area contributed by atoms with Gasteiger partial charge in [-0.05, 0) is 13.8 Å². The summed E-state index contributed by atoms with van der Waals surface area (Å²) < 4.78 is 0. The van der Waals surface area contributed by atoms with Crippen molar-refractivity contribution >= 4 is 41.8 Å². The van der Waals surface area contributed by atoms with Crippen molar-refractivity contribution in [1.29, 1.82) is 0 Å². The van der Waals surface area contributed by atoms with Gasteiger partial charge in [-0.1, -0.05) is 0 Å². The molecule has 0 aliphatic carbocycles.